The molecule has 21 heavy (non-hydrogen) atoms. The zero-order chi connectivity index (χ0) is 15.0. The van der Waals surface area contributed by atoms with Gasteiger partial charge in [-0.25, -0.2) is 0 Å². The van der Waals surface area contributed by atoms with E-state index in [2.05, 4.69) is 42.7 Å². The average Bonchev–Trinajstić information content (AvgIpc) is 2.41. The minimum Gasteiger partial charge on any atom is -0.399 e. The maximum atomic E-state index is 12.7. The fraction of sp³-hybridized carbons (Fsp3) is 0.588. The number of hydrogen-bond donors (Lipinski definition) is 1. The highest BCUT2D eigenvalue weighted by atomic mass is 16.1. The van der Waals surface area contributed by atoms with Crippen LogP contribution in [0.4, 0.5) is 5.69 Å². The monoisotopic (exact) mass is 285 g/mol. The molecule has 4 aliphatic heterocycles. The lowest BCUT2D eigenvalue weighted by molar-refractivity contribution is -0.228. The van der Waals surface area contributed by atoms with Gasteiger partial charge in [-0.1, -0.05) is 26.0 Å². The average molecular weight is 285 g/mol. The fourth-order valence-electron chi connectivity index (χ4n) is 4.89. The van der Waals surface area contributed by atoms with Gasteiger partial charge in [-0.2, -0.15) is 0 Å². The van der Waals surface area contributed by atoms with E-state index in [-0.39, 0.29) is 16.5 Å². The van der Waals surface area contributed by atoms with Gasteiger partial charge in [-0.15, -0.1) is 0 Å². The van der Waals surface area contributed by atoms with Crippen molar-refractivity contribution in [3.05, 3.63) is 29.8 Å². The van der Waals surface area contributed by atoms with E-state index >= 15 is 0 Å². The third kappa shape index (κ3) is 1.49. The molecule has 0 radical (unpaired) electrons. The van der Waals surface area contributed by atoms with Crippen LogP contribution in [0, 0.1) is 10.8 Å². The van der Waals surface area contributed by atoms with E-state index < -0.39 is 0 Å². The van der Waals surface area contributed by atoms with Gasteiger partial charge >= 0.3 is 0 Å². The molecule has 4 bridgehead atoms. The first-order valence-corrected chi connectivity index (χ1v) is 7.69. The molecule has 2 N–H and O–H groups in total. The summed E-state index contributed by atoms with van der Waals surface area (Å²) in [6, 6.07) is 8.21. The Morgan fingerprint density at radius 3 is 1.76 bits per heavy atom. The van der Waals surface area contributed by atoms with E-state index in [1.807, 2.05) is 12.1 Å². The van der Waals surface area contributed by atoms with Gasteiger partial charge in [0, 0.05) is 31.9 Å². The first-order chi connectivity index (χ1) is 9.78. The highest BCUT2D eigenvalue weighted by Gasteiger charge is 2.65. The number of carbonyl (C=O) groups excluding carboxylic acids is 1. The smallest absolute Gasteiger partial charge is 0.149 e. The summed E-state index contributed by atoms with van der Waals surface area (Å²) in [5.74, 6) is 0.460. The number of Topliss-reactive ketones (excluding diaryl/α,β-unsaturated/α-hetero) is 1. The Morgan fingerprint density at radius 1 is 0.905 bits per heavy atom. The summed E-state index contributed by atoms with van der Waals surface area (Å²) in [4.78, 5) is 17.7. The molecule has 1 aromatic rings. The van der Waals surface area contributed by atoms with Crippen molar-refractivity contribution in [1.82, 2.24) is 9.80 Å². The van der Waals surface area contributed by atoms with Gasteiger partial charge in [0.05, 0.1) is 16.5 Å². The second-order valence-electron chi connectivity index (χ2n) is 7.81. The summed E-state index contributed by atoms with van der Waals surface area (Å²) >= 11 is 0. The molecule has 4 saturated heterocycles. The molecule has 112 valence electrons. The Labute approximate surface area is 125 Å². The van der Waals surface area contributed by atoms with Crippen molar-refractivity contribution in [3.8, 4) is 0 Å². The lowest BCUT2D eigenvalue weighted by Gasteiger charge is -2.69. The SMILES string of the molecule is CC12CN3CC(C)(CN(C1)C3(C)c1ccc(N)cc1)C2=O. The summed E-state index contributed by atoms with van der Waals surface area (Å²) in [7, 11) is 0. The largest absolute Gasteiger partial charge is 0.399 e. The lowest BCUT2D eigenvalue weighted by Crippen LogP contribution is -2.80. The van der Waals surface area contributed by atoms with Crippen LogP contribution < -0.4 is 5.73 Å². The van der Waals surface area contributed by atoms with Crippen LogP contribution in [0.3, 0.4) is 0 Å². The fourth-order valence-corrected chi connectivity index (χ4v) is 4.89. The second kappa shape index (κ2) is 3.68. The van der Waals surface area contributed by atoms with Gasteiger partial charge < -0.3 is 5.73 Å². The molecule has 0 aromatic heterocycles. The molecule has 4 heterocycles. The van der Waals surface area contributed by atoms with Crippen molar-refractivity contribution in [3.63, 3.8) is 0 Å². The molecule has 5 rings (SSSR count). The normalized spacial score (nSPS) is 47.9. The maximum Gasteiger partial charge on any atom is 0.149 e. The molecule has 0 spiro atoms. The van der Waals surface area contributed by atoms with E-state index in [4.69, 9.17) is 5.73 Å². The number of nitrogen functional groups attached to an aromatic ring is 1. The van der Waals surface area contributed by atoms with Crippen LogP contribution >= 0.6 is 0 Å². The van der Waals surface area contributed by atoms with Crippen molar-refractivity contribution in [1.29, 1.82) is 0 Å². The zero-order valence-electron chi connectivity index (χ0n) is 13.0. The molecule has 0 atom stereocenters. The summed E-state index contributed by atoms with van der Waals surface area (Å²) in [6.45, 7) is 9.99. The number of piperidine rings is 2. The summed E-state index contributed by atoms with van der Waals surface area (Å²) in [6.07, 6.45) is 0. The van der Waals surface area contributed by atoms with Gasteiger partial charge in [0.2, 0.25) is 0 Å². The molecular formula is C17H23N3O. The predicted octanol–water partition coefficient (Wildman–Crippen LogP) is 1.67. The van der Waals surface area contributed by atoms with Crippen LogP contribution in [0.5, 0.6) is 0 Å². The number of anilines is 1. The Kier molecular flexibility index (Phi) is 2.33. The minimum atomic E-state index is -0.210. The van der Waals surface area contributed by atoms with Crippen LogP contribution in [-0.2, 0) is 10.5 Å². The predicted molar refractivity (Wildman–Crippen MR) is 82.6 cm³/mol. The molecule has 0 saturated carbocycles. The van der Waals surface area contributed by atoms with E-state index in [0.29, 0.717) is 5.78 Å². The first-order valence-electron chi connectivity index (χ1n) is 7.69. The Morgan fingerprint density at radius 2 is 1.33 bits per heavy atom. The van der Waals surface area contributed by atoms with Crippen LogP contribution in [0.2, 0.25) is 0 Å². The van der Waals surface area contributed by atoms with Gasteiger partial charge in [-0.05, 0) is 24.6 Å². The Bertz CT molecular complexity index is 581. The molecule has 0 amide bonds. The van der Waals surface area contributed by atoms with E-state index in [0.717, 1.165) is 31.9 Å². The molecule has 4 heteroatoms. The van der Waals surface area contributed by atoms with Gasteiger partial charge in [0.1, 0.15) is 5.78 Å². The number of nitrogens with two attached hydrogens (primary N) is 1. The Hall–Kier alpha value is -1.39. The quantitative estimate of drug-likeness (QED) is 0.797. The molecular weight excluding hydrogens is 262 g/mol. The van der Waals surface area contributed by atoms with E-state index in [1.54, 1.807) is 0 Å². The van der Waals surface area contributed by atoms with Crippen LogP contribution in [0.25, 0.3) is 0 Å². The van der Waals surface area contributed by atoms with E-state index in [9.17, 15) is 4.79 Å². The zero-order valence-corrected chi connectivity index (χ0v) is 13.0. The van der Waals surface area contributed by atoms with E-state index in [1.165, 1.54) is 5.56 Å². The van der Waals surface area contributed by atoms with Crippen molar-refractivity contribution in [2.45, 2.75) is 26.4 Å². The maximum absolute atomic E-state index is 12.7. The number of nitrogens with zero attached hydrogens (tertiary/aromatic N) is 2. The topological polar surface area (TPSA) is 49.6 Å². The van der Waals surface area contributed by atoms with Gasteiger partial charge in [0.15, 0.2) is 0 Å². The molecule has 4 aliphatic rings. The van der Waals surface area contributed by atoms with Crippen molar-refractivity contribution < 1.29 is 4.79 Å². The third-order valence-corrected chi connectivity index (χ3v) is 5.94. The summed E-state index contributed by atoms with van der Waals surface area (Å²) in [5.41, 5.74) is 7.37. The number of benzene rings is 1. The highest BCUT2D eigenvalue weighted by molar-refractivity contribution is 5.92. The number of rotatable bonds is 1. The standard InChI is InChI=1S/C17H23N3O/c1-15-8-19-10-16(2,14(15)21)11-20(9-15)17(19,3)12-4-6-13(18)7-5-12/h4-7H,8-11,18H2,1-3H3. The minimum absolute atomic E-state index is 0.118. The molecule has 0 unspecified atom stereocenters. The first kappa shape index (κ1) is 13.3. The lowest BCUT2D eigenvalue weighted by atomic mass is 9.60. The van der Waals surface area contributed by atoms with Crippen LogP contribution in [0.1, 0.15) is 26.3 Å². The van der Waals surface area contributed by atoms with Crippen molar-refractivity contribution in [2.24, 2.45) is 10.8 Å². The van der Waals surface area contributed by atoms with Gasteiger partial charge in [-0.3, -0.25) is 14.6 Å². The third-order valence-electron chi connectivity index (χ3n) is 5.94. The second-order valence-corrected chi connectivity index (χ2v) is 7.81. The molecule has 4 nitrogen and oxygen atoms in total. The van der Waals surface area contributed by atoms with Crippen molar-refractivity contribution >= 4 is 11.5 Å². The van der Waals surface area contributed by atoms with Crippen LogP contribution in [-0.4, -0.2) is 41.8 Å². The number of carbonyl (C=O) groups is 1. The Balaban J connectivity index is 1.81. The molecule has 1 aromatic carbocycles. The van der Waals surface area contributed by atoms with Gasteiger partial charge in [0.25, 0.3) is 0 Å². The van der Waals surface area contributed by atoms with Crippen LogP contribution in [0.15, 0.2) is 24.3 Å². The molecule has 4 fully saturated rings. The van der Waals surface area contributed by atoms with Crippen molar-refractivity contribution in [2.75, 3.05) is 31.9 Å². The highest BCUT2D eigenvalue weighted by Crippen LogP contribution is 2.54. The summed E-state index contributed by atoms with van der Waals surface area (Å²) < 4.78 is 0. The molecule has 0 aliphatic carbocycles. The number of hydrogen-bond acceptors (Lipinski definition) is 4. The number of ketones is 1. The summed E-state index contributed by atoms with van der Waals surface area (Å²) in [5, 5.41) is 0.